The summed E-state index contributed by atoms with van der Waals surface area (Å²) in [6.07, 6.45) is -6.66. The van der Waals surface area contributed by atoms with E-state index in [9.17, 15) is 20.4 Å². The van der Waals surface area contributed by atoms with Crippen molar-refractivity contribution in [3.63, 3.8) is 0 Å². The standard InChI is InChI=1S/C12H26NO6/c1-7(5-13(2,3)4)18-6-8-9(14)10(15)11(16)12(17)19-8/h7-12,14-17H,5-6H2,1-4H3/q+1/t7?,8-,9-,10+,11-,12-/m1/s1. The van der Waals surface area contributed by atoms with Gasteiger partial charge in [-0.1, -0.05) is 0 Å². The molecule has 1 aliphatic rings. The van der Waals surface area contributed by atoms with Crippen molar-refractivity contribution in [2.24, 2.45) is 0 Å². The maximum Gasteiger partial charge on any atom is 0.184 e. The molecule has 0 radical (unpaired) electrons. The molecule has 0 aromatic carbocycles. The molecule has 1 rings (SSSR count). The molecule has 0 aliphatic carbocycles. The van der Waals surface area contributed by atoms with Crippen molar-refractivity contribution >= 4 is 0 Å². The molecular formula is C12H26NO6+. The molecule has 1 aliphatic heterocycles. The Morgan fingerprint density at radius 2 is 1.63 bits per heavy atom. The highest BCUT2D eigenvalue weighted by molar-refractivity contribution is 4.88. The Labute approximate surface area is 113 Å². The van der Waals surface area contributed by atoms with Crippen LogP contribution in [0.4, 0.5) is 0 Å². The molecule has 7 nitrogen and oxygen atoms in total. The van der Waals surface area contributed by atoms with Crippen LogP contribution in [0.2, 0.25) is 0 Å². The Morgan fingerprint density at radius 1 is 1.05 bits per heavy atom. The molecule has 0 aromatic rings. The van der Waals surface area contributed by atoms with E-state index in [0.29, 0.717) is 0 Å². The molecular weight excluding hydrogens is 254 g/mol. The van der Waals surface area contributed by atoms with E-state index in [2.05, 4.69) is 0 Å². The first-order valence-corrected chi connectivity index (χ1v) is 6.41. The Kier molecular flexibility index (Phi) is 5.69. The molecule has 1 heterocycles. The van der Waals surface area contributed by atoms with Crippen LogP contribution in [0, 0.1) is 0 Å². The molecule has 1 saturated heterocycles. The van der Waals surface area contributed by atoms with Crippen LogP contribution in [-0.4, -0.2) is 96.0 Å². The summed E-state index contributed by atoms with van der Waals surface area (Å²) >= 11 is 0. The number of aliphatic hydroxyl groups is 4. The number of hydrogen-bond acceptors (Lipinski definition) is 6. The minimum Gasteiger partial charge on any atom is -0.387 e. The summed E-state index contributed by atoms with van der Waals surface area (Å²) in [6.45, 7) is 2.72. The van der Waals surface area contributed by atoms with E-state index in [1.54, 1.807) is 0 Å². The van der Waals surface area contributed by atoms with Gasteiger partial charge in [0.2, 0.25) is 0 Å². The lowest BCUT2D eigenvalue weighted by molar-refractivity contribution is -0.873. The fourth-order valence-corrected chi connectivity index (χ4v) is 2.15. The van der Waals surface area contributed by atoms with Gasteiger partial charge in [-0.15, -0.1) is 0 Å². The largest absolute Gasteiger partial charge is 0.387 e. The zero-order valence-corrected chi connectivity index (χ0v) is 11.9. The van der Waals surface area contributed by atoms with Crippen LogP contribution in [0.3, 0.4) is 0 Å². The SMILES string of the molecule is CC(C[N+](C)(C)C)OC[C@H]1O[C@@H](O)[C@H](O)[C@@H](O)[C@@H]1O. The zero-order chi connectivity index (χ0) is 14.8. The minimum atomic E-state index is -1.51. The molecule has 0 aromatic heterocycles. The topological polar surface area (TPSA) is 99.4 Å². The summed E-state index contributed by atoms with van der Waals surface area (Å²) in [5.74, 6) is 0. The third-order valence-corrected chi connectivity index (χ3v) is 3.04. The first-order valence-electron chi connectivity index (χ1n) is 6.41. The summed E-state index contributed by atoms with van der Waals surface area (Å²) in [4.78, 5) is 0. The fourth-order valence-electron chi connectivity index (χ4n) is 2.15. The lowest BCUT2D eigenvalue weighted by Gasteiger charge is -2.38. The molecule has 114 valence electrons. The highest BCUT2D eigenvalue weighted by atomic mass is 16.6. The summed E-state index contributed by atoms with van der Waals surface area (Å²) in [5, 5.41) is 38.0. The molecule has 4 N–H and O–H groups in total. The lowest BCUT2D eigenvalue weighted by atomic mass is 9.99. The van der Waals surface area contributed by atoms with Crippen LogP contribution in [-0.2, 0) is 9.47 Å². The normalized spacial score (nSPS) is 38.2. The van der Waals surface area contributed by atoms with Crippen LogP contribution in [0.15, 0.2) is 0 Å². The predicted molar refractivity (Wildman–Crippen MR) is 67.2 cm³/mol. The van der Waals surface area contributed by atoms with Crippen LogP contribution in [0.25, 0.3) is 0 Å². The number of quaternary nitrogens is 1. The number of nitrogens with zero attached hydrogens (tertiary/aromatic N) is 1. The zero-order valence-electron chi connectivity index (χ0n) is 11.9. The molecule has 0 amide bonds. The smallest absolute Gasteiger partial charge is 0.184 e. The van der Waals surface area contributed by atoms with E-state index in [1.165, 1.54) is 0 Å². The van der Waals surface area contributed by atoms with E-state index >= 15 is 0 Å². The molecule has 0 saturated carbocycles. The highest BCUT2D eigenvalue weighted by Gasteiger charge is 2.43. The molecule has 7 heteroatoms. The number of ether oxygens (including phenoxy) is 2. The average Bonchev–Trinajstić information content (AvgIpc) is 2.27. The quantitative estimate of drug-likeness (QED) is 0.431. The van der Waals surface area contributed by atoms with Crippen molar-refractivity contribution in [1.29, 1.82) is 0 Å². The van der Waals surface area contributed by atoms with Gasteiger partial charge in [-0.2, -0.15) is 0 Å². The Balaban J connectivity index is 2.44. The van der Waals surface area contributed by atoms with Crippen molar-refractivity contribution in [2.75, 3.05) is 34.3 Å². The Bertz CT molecular complexity index is 282. The minimum absolute atomic E-state index is 0.0448. The maximum absolute atomic E-state index is 9.74. The molecule has 0 spiro atoms. The molecule has 19 heavy (non-hydrogen) atoms. The molecule has 0 bridgehead atoms. The number of rotatable bonds is 5. The molecule has 6 atom stereocenters. The Hall–Kier alpha value is -0.280. The van der Waals surface area contributed by atoms with Gasteiger partial charge in [0.25, 0.3) is 0 Å². The number of hydrogen-bond donors (Lipinski definition) is 4. The van der Waals surface area contributed by atoms with Gasteiger partial charge in [-0.3, -0.25) is 0 Å². The van der Waals surface area contributed by atoms with Gasteiger partial charge in [-0.05, 0) is 6.92 Å². The summed E-state index contributed by atoms with van der Waals surface area (Å²) in [6, 6.07) is 0. The van der Waals surface area contributed by atoms with Gasteiger partial charge < -0.3 is 34.4 Å². The van der Waals surface area contributed by atoms with Gasteiger partial charge >= 0.3 is 0 Å². The summed E-state index contributed by atoms with van der Waals surface area (Å²) in [7, 11) is 6.11. The number of likely N-dealkylation sites (N-methyl/N-ethyl adjacent to an activating group) is 1. The maximum atomic E-state index is 9.74. The van der Waals surface area contributed by atoms with Gasteiger partial charge in [0, 0.05) is 0 Å². The van der Waals surface area contributed by atoms with Gasteiger partial charge in [0.05, 0.1) is 27.7 Å². The van der Waals surface area contributed by atoms with E-state index in [0.717, 1.165) is 11.0 Å². The molecule has 1 unspecified atom stereocenters. The van der Waals surface area contributed by atoms with Gasteiger partial charge in [-0.25, -0.2) is 0 Å². The third kappa shape index (κ3) is 4.96. The van der Waals surface area contributed by atoms with Crippen LogP contribution < -0.4 is 0 Å². The predicted octanol–water partition coefficient (Wildman–Crippen LogP) is -2.10. The highest BCUT2D eigenvalue weighted by Crippen LogP contribution is 2.20. The Morgan fingerprint density at radius 3 is 2.16 bits per heavy atom. The van der Waals surface area contributed by atoms with Crippen molar-refractivity contribution in [2.45, 2.75) is 43.7 Å². The van der Waals surface area contributed by atoms with E-state index < -0.39 is 30.7 Å². The summed E-state index contributed by atoms with van der Waals surface area (Å²) in [5.41, 5.74) is 0. The van der Waals surface area contributed by atoms with Crippen LogP contribution >= 0.6 is 0 Å². The van der Waals surface area contributed by atoms with E-state index in [-0.39, 0.29) is 12.7 Å². The average molecular weight is 280 g/mol. The van der Waals surface area contributed by atoms with Crippen LogP contribution in [0.1, 0.15) is 6.92 Å². The van der Waals surface area contributed by atoms with E-state index in [1.807, 2.05) is 28.1 Å². The van der Waals surface area contributed by atoms with E-state index in [4.69, 9.17) is 9.47 Å². The van der Waals surface area contributed by atoms with Crippen molar-refractivity contribution < 1.29 is 34.4 Å². The second-order valence-electron chi connectivity index (χ2n) is 6.15. The summed E-state index contributed by atoms with van der Waals surface area (Å²) < 4.78 is 11.3. The third-order valence-electron chi connectivity index (χ3n) is 3.04. The fraction of sp³-hybridized carbons (Fsp3) is 1.00. The monoisotopic (exact) mass is 280 g/mol. The number of aliphatic hydroxyl groups excluding tert-OH is 4. The second-order valence-corrected chi connectivity index (χ2v) is 6.15. The van der Waals surface area contributed by atoms with Crippen molar-refractivity contribution in [3.05, 3.63) is 0 Å². The first kappa shape index (κ1) is 16.8. The van der Waals surface area contributed by atoms with Gasteiger partial charge in [0.15, 0.2) is 6.29 Å². The van der Waals surface area contributed by atoms with Crippen LogP contribution in [0.5, 0.6) is 0 Å². The second kappa shape index (κ2) is 6.45. The van der Waals surface area contributed by atoms with Gasteiger partial charge in [0.1, 0.15) is 37.1 Å². The van der Waals surface area contributed by atoms with Crippen molar-refractivity contribution in [1.82, 2.24) is 0 Å². The molecule has 1 fully saturated rings. The first-order chi connectivity index (χ1) is 8.61. The lowest BCUT2D eigenvalue weighted by Crippen LogP contribution is -2.58. The van der Waals surface area contributed by atoms with Crippen molar-refractivity contribution in [3.8, 4) is 0 Å².